The molecule has 1 heterocycles. The van der Waals surface area contributed by atoms with Crippen LogP contribution >= 0.6 is 0 Å². The van der Waals surface area contributed by atoms with E-state index in [0.29, 0.717) is 17.3 Å². The normalized spacial score (nSPS) is 11.6. The minimum atomic E-state index is -3.65. The minimum absolute atomic E-state index is 0.115. The number of carbonyl (C=O) groups is 1. The van der Waals surface area contributed by atoms with Gasteiger partial charge in [-0.1, -0.05) is 35.9 Å². The third kappa shape index (κ3) is 5.21. The monoisotopic (exact) mass is 411 g/mol. The van der Waals surface area contributed by atoms with Crippen molar-refractivity contribution < 1.29 is 17.6 Å². The van der Waals surface area contributed by atoms with E-state index in [4.69, 9.17) is 4.42 Å². The Hall–Kier alpha value is -2.73. The van der Waals surface area contributed by atoms with Gasteiger partial charge in [-0.15, -0.1) is 0 Å². The van der Waals surface area contributed by atoms with E-state index < -0.39 is 15.6 Å². The number of aromatic nitrogens is 1. The van der Waals surface area contributed by atoms with Crippen molar-refractivity contribution in [3.8, 4) is 11.5 Å². The predicted octanol–water partition coefficient (Wildman–Crippen LogP) is 4.30. The molecular formula is C23H25NO4S. The van der Waals surface area contributed by atoms with Crippen molar-refractivity contribution in [2.45, 2.75) is 39.9 Å². The molecule has 2 aromatic carbocycles. The van der Waals surface area contributed by atoms with Crippen LogP contribution in [0.15, 0.2) is 46.9 Å². The van der Waals surface area contributed by atoms with Gasteiger partial charge in [0.15, 0.2) is 15.6 Å². The minimum Gasteiger partial charge on any atom is -0.441 e. The van der Waals surface area contributed by atoms with Crippen molar-refractivity contribution in [3.63, 3.8) is 0 Å². The number of benzene rings is 2. The van der Waals surface area contributed by atoms with E-state index in [1.165, 1.54) is 0 Å². The fourth-order valence-corrected chi connectivity index (χ4v) is 4.64. The summed E-state index contributed by atoms with van der Waals surface area (Å²) in [6.07, 6.45) is 0.115. The standard InChI is InChI=1S/C23H25NO4S/c1-15-8-10-19(11-9-15)23-24-22(18(4)28-23)14-29(26,27)13-20(25)12-21-16(2)6-5-7-17(21)3/h5-11H,12-14H2,1-4H3. The number of carbonyl (C=O) groups excluding carboxylic acids is 1. The predicted molar refractivity (Wildman–Crippen MR) is 114 cm³/mol. The molecule has 0 aliphatic heterocycles. The molecule has 0 bridgehead atoms. The Labute approximate surface area is 171 Å². The largest absolute Gasteiger partial charge is 0.441 e. The number of nitrogens with zero attached hydrogens (tertiary/aromatic N) is 1. The van der Waals surface area contributed by atoms with Crippen LogP contribution in [0.5, 0.6) is 0 Å². The molecule has 0 saturated heterocycles. The molecular weight excluding hydrogens is 386 g/mol. The summed E-state index contributed by atoms with van der Waals surface area (Å²) in [5.74, 6) is -0.303. The van der Waals surface area contributed by atoms with Crippen molar-refractivity contribution in [2.24, 2.45) is 0 Å². The summed E-state index contributed by atoms with van der Waals surface area (Å²) in [5, 5.41) is 0. The molecule has 1 aromatic heterocycles. The van der Waals surface area contributed by atoms with Crippen LogP contribution in [0.2, 0.25) is 0 Å². The summed E-state index contributed by atoms with van der Waals surface area (Å²) >= 11 is 0. The van der Waals surface area contributed by atoms with Crippen LogP contribution in [-0.4, -0.2) is 24.9 Å². The SMILES string of the molecule is Cc1ccc(-c2nc(CS(=O)(=O)CC(=O)Cc3c(C)cccc3C)c(C)o2)cc1. The Morgan fingerprint density at radius 3 is 2.21 bits per heavy atom. The second kappa shape index (κ2) is 8.33. The maximum absolute atomic E-state index is 12.6. The fourth-order valence-electron chi connectivity index (χ4n) is 3.26. The highest BCUT2D eigenvalue weighted by atomic mass is 32.2. The number of rotatable bonds is 7. The van der Waals surface area contributed by atoms with Crippen molar-refractivity contribution in [2.75, 3.05) is 5.75 Å². The number of oxazole rings is 1. The smallest absolute Gasteiger partial charge is 0.226 e. The summed E-state index contributed by atoms with van der Waals surface area (Å²) in [4.78, 5) is 16.8. The lowest BCUT2D eigenvalue weighted by molar-refractivity contribution is -0.116. The van der Waals surface area contributed by atoms with E-state index in [1.54, 1.807) is 6.92 Å². The second-order valence-electron chi connectivity index (χ2n) is 7.51. The van der Waals surface area contributed by atoms with Gasteiger partial charge in [0.1, 0.15) is 11.5 Å². The summed E-state index contributed by atoms with van der Waals surface area (Å²) in [6, 6.07) is 13.4. The zero-order valence-electron chi connectivity index (χ0n) is 17.2. The van der Waals surface area contributed by atoms with Crippen LogP contribution in [0.1, 0.15) is 33.7 Å². The molecule has 0 aliphatic rings. The first-order valence-electron chi connectivity index (χ1n) is 9.45. The van der Waals surface area contributed by atoms with Gasteiger partial charge in [-0.3, -0.25) is 4.79 Å². The fraction of sp³-hybridized carbons (Fsp3) is 0.304. The maximum atomic E-state index is 12.6. The molecule has 29 heavy (non-hydrogen) atoms. The lowest BCUT2D eigenvalue weighted by Gasteiger charge is -2.09. The number of ketones is 1. The van der Waals surface area contributed by atoms with Gasteiger partial charge in [-0.25, -0.2) is 13.4 Å². The topological polar surface area (TPSA) is 77.2 Å². The summed E-state index contributed by atoms with van der Waals surface area (Å²) in [6.45, 7) is 7.52. The van der Waals surface area contributed by atoms with Gasteiger partial charge >= 0.3 is 0 Å². The van der Waals surface area contributed by atoms with Gasteiger partial charge in [0.05, 0.1) is 11.4 Å². The molecule has 0 amide bonds. The van der Waals surface area contributed by atoms with Crippen LogP contribution in [-0.2, 0) is 26.8 Å². The van der Waals surface area contributed by atoms with E-state index in [2.05, 4.69) is 4.98 Å². The molecule has 152 valence electrons. The van der Waals surface area contributed by atoms with Gasteiger partial charge < -0.3 is 4.42 Å². The first-order chi connectivity index (χ1) is 13.6. The van der Waals surface area contributed by atoms with Gasteiger partial charge in [0.2, 0.25) is 5.89 Å². The van der Waals surface area contributed by atoms with Crippen molar-refractivity contribution in [3.05, 3.63) is 76.2 Å². The number of hydrogen-bond acceptors (Lipinski definition) is 5. The molecule has 3 rings (SSSR count). The van der Waals surface area contributed by atoms with Gasteiger partial charge in [-0.2, -0.15) is 0 Å². The third-order valence-corrected chi connectivity index (χ3v) is 6.42. The highest BCUT2D eigenvalue weighted by Gasteiger charge is 2.23. The summed E-state index contributed by atoms with van der Waals surface area (Å²) in [5.41, 5.74) is 5.12. The summed E-state index contributed by atoms with van der Waals surface area (Å²) in [7, 11) is -3.65. The molecule has 0 unspecified atom stereocenters. The molecule has 5 nitrogen and oxygen atoms in total. The number of hydrogen-bond donors (Lipinski definition) is 0. The van der Waals surface area contributed by atoms with Gasteiger partial charge in [-0.05, 0) is 56.5 Å². The first-order valence-corrected chi connectivity index (χ1v) is 11.3. The van der Waals surface area contributed by atoms with Gasteiger partial charge in [0, 0.05) is 12.0 Å². The molecule has 0 radical (unpaired) electrons. The molecule has 0 saturated carbocycles. The number of Topliss-reactive ketones (excluding diaryl/α,β-unsaturated/α-hetero) is 1. The molecule has 0 atom stereocenters. The van der Waals surface area contributed by atoms with Crippen LogP contribution < -0.4 is 0 Å². The van der Waals surface area contributed by atoms with Crippen molar-refractivity contribution in [1.82, 2.24) is 4.98 Å². The summed E-state index contributed by atoms with van der Waals surface area (Å²) < 4.78 is 30.9. The maximum Gasteiger partial charge on any atom is 0.226 e. The third-order valence-electron chi connectivity index (χ3n) is 4.95. The Bertz CT molecular complexity index is 1120. The Balaban J connectivity index is 1.72. The lowest BCUT2D eigenvalue weighted by atomic mass is 9.99. The zero-order chi connectivity index (χ0) is 21.2. The van der Waals surface area contributed by atoms with E-state index in [1.807, 2.05) is 63.2 Å². The average Bonchev–Trinajstić information content (AvgIpc) is 2.98. The first kappa shape index (κ1) is 21.0. The molecule has 3 aromatic rings. The van der Waals surface area contributed by atoms with Crippen molar-refractivity contribution >= 4 is 15.6 Å². The Morgan fingerprint density at radius 1 is 0.966 bits per heavy atom. The molecule has 0 fully saturated rings. The molecule has 6 heteroatoms. The zero-order valence-corrected chi connectivity index (χ0v) is 18.0. The van der Waals surface area contributed by atoms with E-state index in [9.17, 15) is 13.2 Å². The quantitative estimate of drug-likeness (QED) is 0.579. The van der Waals surface area contributed by atoms with Crippen LogP contribution in [0.25, 0.3) is 11.5 Å². The van der Waals surface area contributed by atoms with Crippen LogP contribution in [0.4, 0.5) is 0 Å². The van der Waals surface area contributed by atoms with Crippen LogP contribution in [0.3, 0.4) is 0 Å². The highest BCUT2D eigenvalue weighted by Crippen LogP contribution is 2.23. The van der Waals surface area contributed by atoms with Crippen molar-refractivity contribution in [1.29, 1.82) is 0 Å². The second-order valence-corrected chi connectivity index (χ2v) is 9.57. The lowest BCUT2D eigenvalue weighted by Crippen LogP contribution is -2.20. The Morgan fingerprint density at radius 2 is 1.59 bits per heavy atom. The molecule has 0 spiro atoms. The Kier molecular flexibility index (Phi) is 6.03. The van der Waals surface area contributed by atoms with Crippen LogP contribution in [0, 0.1) is 27.7 Å². The molecule has 0 N–H and O–H groups in total. The highest BCUT2D eigenvalue weighted by molar-refractivity contribution is 7.91. The molecule has 0 aliphatic carbocycles. The van der Waals surface area contributed by atoms with E-state index in [-0.39, 0.29) is 18.0 Å². The van der Waals surface area contributed by atoms with Gasteiger partial charge in [0.25, 0.3) is 0 Å². The average molecular weight is 412 g/mol. The number of aryl methyl sites for hydroxylation is 4. The number of sulfone groups is 1. The van der Waals surface area contributed by atoms with E-state index in [0.717, 1.165) is 27.8 Å². The van der Waals surface area contributed by atoms with E-state index >= 15 is 0 Å².